The molecule has 0 saturated heterocycles. The van der Waals surface area contributed by atoms with Crippen LogP contribution in [-0.2, 0) is 10.0 Å². The summed E-state index contributed by atoms with van der Waals surface area (Å²) in [7, 11) is -2.30. The lowest BCUT2D eigenvalue weighted by Crippen LogP contribution is -2.28. The number of carbonyl (C=O) groups excluding carboxylic acids is 1. The Morgan fingerprint density at radius 3 is 2.04 bits per heavy atom. The Hall–Kier alpha value is -2.92. The van der Waals surface area contributed by atoms with Crippen LogP contribution in [0.4, 0.5) is 5.69 Å². The molecule has 0 atom stereocenters. The molecule has 3 aromatic carbocycles. The molecule has 0 N–H and O–H groups in total. The molecule has 0 radical (unpaired) electrons. The molecule has 0 aromatic heterocycles. The van der Waals surface area contributed by atoms with Gasteiger partial charge in [-0.3, -0.25) is 9.10 Å². The van der Waals surface area contributed by atoms with Crippen molar-refractivity contribution in [3.63, 3.8) is 0 Å². The first-order chi connectivity index (χ1) is 12.8. The van der Waals surface area contributed by atoms with Gasteiger partial charge in [-0.2, -0.15) is 0 Å². The minimum absolute atomic E-state index is 0.190. The van der Waals surface area contributed by atoms with Gasteiger partial charge in [0.15, 0.2) is 5.78 Å². The summed E-state index contributed by atoms with van der Waals surface area (Å²) in [6.45, 7) is 3.77. The van der Waals surface area contributed by atoms with E-state index in [9.17, 15) is 13.2 Å². The Morgan fingerprint density at radius 2 is 1.41 bits per heavy atom. The molecule has 138 valence electrons. The molecule has 3 rings (SSSR count). The highest BCUT2D eigenvalue weighted by molar-refractivity contribution is 7.92. The van der Waals surface area contributed by atoms with Crippen molar-refractivity contribution in [3.8, 4) is 0 Å². The Bertz CT molecular complexity index is 1070. The van der Waals surface area contributed by atoms with Crippen LogP contribution in [0.1, 0.15) is 27.0 Å². The maximum absolute atomic E-state index is 13.1. The summed E-state index contributed by atoms with van der Waals surface area (Å²) in [6, 6.07) is 20.7. The van der Waals surface area contributed by atoms with Crippen LogP contribution < -0.4 is 4.31 Å². The number of hydrogen-bond acceptors (Lipinski definition) is 3. The van der Waals surface area contributed by atoms with Gasteiger partial charge >= 0.3 is 0 Å². The van der Waals surface area contributed by atoms with Gasteiger partial charge in [-0.15, -0.1) is 0 Å². The topological polar surface area (TPSA) is 54.5 Å². The zero-order valence-corrected chi connectivity index (χ0v) is 16.3. The predicted octanol–water partition coefficient (Wildman–Crippen LogP) is 4.36. The molecule has 0 aliphatic carbocycles. The number of benzene rings is 3. The third-order valence-electron chi connectivity index (χ3n) is 4.45. The number of carbonyl (C=O) groups is 1. The van der Waals surface area contributed by atoms with Crippen LogP contribution in [0.2, 0.25) is 0 Å². The van der Waals surface area contributed by atoms with E-state index in [1.807, 2.05) is 26.0 Å². The van der Waals surface area contributed by atoms with E-state index >= 15 is 0 Å². The van der Waals surface area contributed by atoms with Crippen molar-refractivity contribution in [1.82, 2.24) is 0 Å². The summed E-state index contributed by atoms with van der Waals surface area (Å²) in [5.41, 5.74) is 3.09. The fourth-order valence-electron chi connectivity index (χ4n) is 2.84. The summed E-state index contributed by atoms with van der Waals surface area (Å²) in [6.07, 6.45) is 0. The van der Waals surface area contributed by atoms with Crippen LogP contribution >= 0.6 is 0 Å². The number of nitrogens with zero attached hydrogens (tertiary/aromatic N) is 1. The van der Waals surface area contributed by atoms with Gasteiger partial charge in [-0.1, -0.05) is 54.1 Å². The van der Waals surface area contributed by atoms with Gasteiger partial charge < -0.3 is 0 Å². The van der Waals surface area contributed by atoms with Crippen molar-refractivity contribution >= 4 is 21.5 Å². The largest absolute Gasteiger partial charge is 0.289 e. The lowest BCUT2D eigenvalue weighted by atomic mass is 10.0. The minimum Gasteiger partial charge on any atom is -0.289 e. The summed E-state index contributed by atoms with van der Waals surface area (Å²) in [5.74, 6) is -0.212. The van der Waals surface area contributed by atoms with E-state index in [1.54, 1.807) is 60.7 Å². The van der Waals surface area contributed by atoms with Crippen LogP contribution in [-0.4, -0.2) is 21.2 Å². The Morgan fingerprint density at radius 1 is 0.815 bits per heavy atom. The summed E-state index contributed by atoms with van der Waals surface area (Å²) < 4.78 is 27.3. The standard InChI is InChI=1S/C22H21NO3S/c1-16-9-12-19(13-10-16)27(25,26)23(3)21-15-17(2)11-14-20(21)22(24)18-7-5-4-6-8-18/h4-15H,1-3H3. The zero-order chi connectivity index (χ0) is 19.6. The molecule has 0 fully saturated rings. The van der Waals surface area contributed by atoms with Gasteiger partial charge in [0.2, 0.25) is 0 Å². The maximum atomic E-state index is 13.1. The Labute approximate surface area is 160 Å². The quantitative estimate of drug-likeness (QED) is 0.619. The fraction of sp³-hybridized carbons (Fsp3) is 0.136. The maximum Gasteiger partial charge on any atom is 0.264 e. The normalized spacial score (nSPS) is 11.2. The number of aryl methyl sites for hydroxylation is 2. The van der Waals surface area contributed by atoms with Gasteiger partial charge in [0, 0.05) is 18.2 Å². The van der Waals surface area contributed by atoms with Gasteiger partial charge in [0.1, 0.15) is 0 Å². The second kappa shape index (κ2) is 7.37. The first kappa shape index (κ1) is 18.9. The van der Waals surface area contributed by atoms with Gasteiger partial charge in [-0.05, 0) is 43.7 Å². The monoisotopic (exact) mass is 379 g/mol. The average molecular weight is 379 g/mol. The van der Waals surface area contributed by atoms with E-state index in [0.717, 1.165) is 11.1 Å². The van der Waals surface area contributed by atoms with Gasteiger partial charge in [-0.25, -0.2) is 8.42 Å². The smallest absolute Gasteiger partial charge is 0.264 e. The molecule has 0 spiro atoms. The molecule has 3 aromatic rings. The highest BCUT2D eigenvalue weighted by atomic mass is 32.2. The summed E-state index contributed by atoms with van der Waals surface area (Å²) in [4.78, 5) is 13.2. The van der Waals surface area contributed by atoms with E-state index in [0.29, 0.717) is 16.8 Å². The van der Waals surface area contributed by atoms with E-state index in [1.165, 1.54) is 11.4 Å². The van der Waals surface area contributed by atoms with Crippen LogP contribution in [0.5, 0.6) is 0 Å². The van der Waals surface area contributed by atoms with Gasteiger partial charge in [0.25, 0.3) is 10.0 Å². The lowest BCUT2D eigenvalue weighted by molar-refractivity contribution is 0.103. The Balaban J connectivity index is 2.09. The molecule has 0 amide bonds. The molecule has 4 nitrogen and oxygen atoms in total. The van der Waals surface area contributed by atoms with Crippen molar-refractivity contribution < 1.29 is 13.2 Å². The van der Waals surface area contributed by atoms with Crippen molar-refractivity contribution in [2.75, 3.05) is 11.4 Å². The SMILES string of the molecule is Cc1ccc(S(=O)(=O)N(C)c2cc(C)ccc2C(=O)c2ccccc2)cc1. The molecule has 0 unspecified atom stereocenters. The first-order valence-corrected chi connectivity index (χ1v) is 10.0. The highest BCUT2D eigenvalue weighted by Gasteiger charge is 2.25. The number of sulfonamides is 1. The third kappa shape index (κ3) is 3.78. The zero-order valence-electron chi connectivity index (χ0n) is 15.5. The minimum atomic E-state index is -3.78. The van der Waals surface area contributed by atoms with E-state index in [-0.39, 0.29) is 10.7 Å². The first-order valence-electron chi connectivity index (χ1n) is 8.57. The van der Waals surface area contributed by atoms with E-state index in [4.69, 9.17) is 0 Å². The van der Waals surface area contributed by atoms with Crippen molar-refractivity contribution in [2.45, 2.75) is 18.7 Å². The summed E-state index contributed by atoms with van der Waals surface area (Å²) >= 11 is 0. The second-order valence-electron chi connectivity index (χ2n) is 6.50. The molecule has 0 bridgehead atoms. The fourth-order valence-corrected chi connectivity index (χ4v) is 4.04. The van der Waals surface area contributed by atoms with Crippen molar-refractivity contribution in [1.29, 1.82) is 0 Å². The number of ketones is 1. The second-order valence-corrected chi connectivity index (χ2v) is 8.47. The van der Waals surface area contributed by atoms with Crippen molar-refractivity contribution in [3.05, 3.63) is 95.1 Å². The average Bonchev–Trinajstić information content (AvgIpc) is 2.68. The summed E-state index contributed by atoms with van der Waals surface area (Å²) in [5, 5.41) is 0. The van der Waals surface area contributed by atoms with Crippen LogP contribution in [0, 0.1) is 13.8 Å². The molecule has 0 aliphatic rings. The van der Waals surface area contributed by atoms with E-state index in [2.05, 4.69) is 0 Å². The van der Waals surface area contributed by atoms with Crippen LogP contribution in [0.15, 0.2) is 77.7 Å². The molecular weight excluding hydrogens is 358 g/mol. The highest BCUT2D eigenvalue weighted by Crippen LogP contribution is 2.28. The predicted molar refractivity (Wildman–Crippen MR) is 108 cm³/mol. The molecular formula is C22H21NO3S. The number of hydrogen-bond donors (Lipinski definition) is 0. The molecule has 0 aliphatic heterocycles. The number of anilines is 1. The van der Waals surface area contributed by atoms with E-state index < -0.39 is 10.0 Å². The lowest BCUT2D eigenvalue weighted by Gasteiger charge is -2.22. The Kier molecular flexibility index (Phi) is 5.15. The van der Waals surface area contributed by atoms with Crippen LogP contribution in [0.3, 0.4) is 0 Å². The molecule has 0 saturated carbocycles. The molecule has 0 heterocycles. The molecule has 5 heteroatoms. The molecule has 27 heavy (non-hydrogen) atoms. The van der Waals surface area contributed by atoms with Gasteiger partial charge in [0.05, 0.1) is 10.6 Å². The number of rotatable bonds is 5. The van der Waals surface area contributed by atoms with Crippen molar-refractivity contribution in [2.24, 2.45) is 0 Å². The van der Waals surface area contributed by atoms with Crippen LogP contribution in [0.25, 0.3) is 0 Å². The third-order valence-corrected chi connectivity index (χ3v) is 6.24.